The number of fused-ring (bicyclic) bond motifs is 1. The average molecular weight is 206 g/mol. The first kappa shape index (κ1) is 10.0. The molecule has 0 aliphatic heterocycles. The first-order valence-electron chi connectivity index (χ1n) is 5.06. The lowest BCUT2D eigenvalue weighted by molar-refractivity contribution is 0.144. The minimum Gasteiger partial charge on any atom is -0.392 e. The van der Waals surface area contributed by atoms with Crippen molar-refractivity contribution in [1.29, 1.82) is 0 Å². The highest BCUT2D eigenvalue weighted by Crippen LogP contribution is 2.21. The van der Waals surface area contributed by atoms with E-state index in [-0.39, 0.29) is 12.0 Å². The van der Waals surface area contributed by atoms with Gasteiger partial charge in [0.2, 0.25) is 0 Å². The second-order valence-corrected chi connectivity index (χ2v) is 3.64. The van der Waals surface area contributed by atoms with E-state index in [1.165, 1.54) is 0 Å². The van der Waals surface area contributed by atoms with Crippen LogP contribution in [0.25, 0.3) is 5.65 Å². The van der Waals surface area contributed by atoms with Gasteiger partial charge in [-0.1, -0.05) is 13.8 Å². The largest absolute Gasteiger partial charge is 0.392 e. The molecule has 15 heavy (non-hydrogen) atoms. The molecular formula is C10H14N4O. The molecule has 80 valence electrons. The van der Waals surface area contributed by atoms with E-state index in [9.17, 15) is 5.11 Å². The molecule has 1 N–H and O–H groups in total. The predicted molar refractivity (Wildman–Crippen MR) is 55.5 cm³/mol. The quantitative estimate of drug-likeness (QED) is 0.813. The molecule has 0 saturated carbocycles. The summed E-state index contributed by atoms with van der Waals surface area (Å²) in [5.41, 5.74) is 1.52. The summed E-state index contributed by atoms with van der Waals surface area (Å²) >= 11 is 0. The molecule has 0 radical (unpaired) electrons. The van der Waals surface area contributed by atoms with Crippen LogP contribution in [-0.2, 0) is 0 Å². The van der Waals surface area contributed by atoms with Crippen molar-refractivity contribution in [2.75, 3.05) is 0 Å². The van der Waals surface area contributed by atoms with Crippen LogP contribution in [-0.4, -0.2) is 30.8 Å². The van der Waals surface area contributed by atoms with Gasteiger partial charge in [-0.25, -0.2) is 0 Å². The molecule has 0 fully saturated rings. The van der Waals surface area contributed by atoms with E-state index >= 15 is 0 Å². The molecule has 2 aromatic heterocycles. The van der Waals surface area contributed by atoms with Crippen LogP contribution in [0.1, 0.15) is 31.9 Å². The molecule has 0 bridgehead atoms. The fourth-order valence-electron chi connectivity index (χ4n) is 1.64. The number of aromatic nitrogens is 4. The lowest BCUT2D eigenvalue weighted by atomic mass is 9.99. The van der Waals surface area contributed by atoms with Crippen molar-refractivity contribution in [1.82, 2.24) is 19.6 Å². The summed E-state index contributed by atoms with van der Waals surface area (Å²) in [5, 5.41) is 17.6. The smallest absolute Gasteiger partial charge is 0.182 e. The van der Waals surface area contributed by atoms with Crippen molar-refractivity contribution in [2.45, 2.75) is 32.3 Å². The summed E-state index contributed by atoms with van der Waals surface area (Å²) in [6.07, 6.45) is 5.44. The van der Waals surface area contributed by atoms with Crippen LogP contribution in [0, 0.1) is 0 Å². The Morgan fingerprint density at radius 1 is 1.53 bits per heavy atom. The van der Waals surface area contributed by atoms with Gasteiger partial charge < -0.3 is 5.11 Å². The summed E-state index contributed by atoms with van der Waals surface area (Å²) in [6, 6.07) is 0. The van der Waals surface area contributed by atoms with Gasteiger partial charge in [0.25, 0.3) is 0 Å². The first-order valence-corrected chi connectivity index (χ1v) is 5.06. The zero-order chi connectivity index (χ0) is 10.8. The van der Waals surface area contributed by atoms with Crippen LogP contribution in [0.15, 0.2) is 18.7 Å². The molecule has 0 saturated heterocycles. The molecule has 5 heteroatoms. The van der Waals surface area contributed by atoms with Gasteiger partial charge in [0.1, 0.15) is 6.33 Å². The SMILES string of the molecule is CCC(O)C(C)c1nccn2cnnc12. The van der Waals surface area contributed by atoms with Crippen molar-refractivity contribution in [3.63, 3.8) is 0 Å². The molecule has 0 aliphatic rings. The monoisotopic (exact) mass is 206 g/mol. The summed E-state index contributed by atoms with van der Waals surface area (Å²) in [6.45, 7) is 3.90. The molecule has 2 heterocycles. The molecule has 0 aromatic carbocycles. The number of rotatable bonds is 3. The van der Waals surface area contributed by atoms with E-state index in [4.69, 9.17) is 0 Å². The average Bonchev–Trinajstić information content (AvgIpc) is 2.74. The molecule has 2 unspecified atom stereocenters. The maximum atomic E-state index is 9.78. The standard InChI is InChI=1S/C10H14N4O/c1-3-8(15)7(2)9-10-13-12-6-14(10)5-4-11-9/h4-8,15H,3H2,1-2H3. The Morgan fingerprint density at radius 3 is 3.07 bits per heavy atom. The third-order valence-electron chi connectivity index (χ3n) is 2.67. The Labute approximate surface area is 87.8 Å². The number of hydrogen-bond acceptors (Lipinski definition) is 4. The normalized spacial score (nSPS) is 15.4. The molecule has 0 spiro atoms. The molecule has 2 rings (SSSR count). The second-order valence-electron chi connectivity index (χ2n) is 3.64. The van der Waals surface area contributed by atoms with Crippen molar-refractivity contribution < 1.29 is 5.11 Å². The minimum atomic E-state index is -0.389. The topological polar surface area (TPSA) is 63.3 Å². The summed E-state index contributed by atoms with van der Waals surface area (Å²) in [5.74, 6) is -0.0251. The molecule has 2 aromatic rings. The molecule has 0 aliphatic carbocycles. The fraction of sp³-hybridized carbons (Fsp3) is 0.500. The van der Waals surface area contributed by atoms with Crippen LogP contribution in [0.4, 0.5) is 0 Å². The van der Waals surface area contributed by atoms with Crippen molar-refractivity contribution in [2.24, 2.45) is 0 Å². The lowest BCUT2D eigenvalue weighted by Gasteiger charge is -2.16. The highest BCUT2D eigenvalue weighted by molar-refractivity contribution is 5.44. The van der Waals surface area contributed by atoms with Crippen LogP contribution in [0.5, 0.6) is 0 Å². The Kier molecular flexibility index (Phi) is 2.64. The predicted octanol–water partition coefficient (Wildman–Crippen LogP) is 0.999. The highest BCUT2D eigenvalue weighted by atomic mass is 16.3. The molecule has 2 atom stereocenters. The Hall–Kier alpha value is -1.49. The third kappa shape index (κ3) is 1.70. The van der Waals surface area contributed by atoms with E-state index in [1.54, 1.807) is 23.1 Å². The lowest BCUT2D eigenvalue weighted by Crippen LogP contribution is -2.16. The molecule has 5 nitrogen and oxygen atoms in total. The number of aliphatic hydroxyl groups excluding tert-OH is 1. The van der Waals surface area contributed by atoms with Gasteiger partial charge in [-0.3, -0.25) is 9.38 Å². The number of nitrogens with zero attached hydrogens (tertiary/aromatic N) is 4. The highest BCUT2D eigenvalue weighted by Gasteiger charge is 2.19. The van der Waals surface area contributed by atoms with E-state index < -0.39 is 0 Å². The van der Waals surface area contributed by atoms with Crippen LogP contribution in [0.2, 0.25) is 0 Å². The van der Waals surface area contributed by atoms with Crippen LogP contribution >= 0.6 is 0 Å². The summed E-state index contributed by atoms with van der Waals surface area (Å²) in [7, 11) is 0. The van der Waals surface area contributed by atoms with Crippen molar-refractivity contribution >= 4 is 5.65 Å². The van der Waals surface area contributed by atoms with E-state index in [0.717, 1.165) is 11.3 Å². The third-order valence-corrected chi connectivity index (χ3v) is 2.67. The zero-order valence-electron chi connectivity index (χ0n) is 8.83. The van der Waals surface area contributed by atoms with Gasteiger partial charge in [0.15, 0.2) is 5.65 Å². The summed E-state index contributed by atoms with van der Waals surface area (Å²) < 4.78 is 1.81. The van der Waals surface area contributed by atoms with Crippen LogP contribution < -0.4 is 0 Å². The van der Waals surface area contributed by atoms with E-state index in [0.29, 0.717) is 6.42 Å². The van der Waals surface area contributed by atoms with Gasteiger partial charge in [0, 0.05) is 18.3 Å². The maximum absolute atomic E-state index is 9.78. The van der Waals surface area contributed by atoms with Gasteiger partial charge in [0.05, 0.1) is 11.8 Å². The van der Waals surface area contributed by atoms with Crippen LogP contribution in [0.3, 0.4) is 0 Å². The maximum Gasteiger partial charge on any atom is 0.182 e. The van der Waals surface area contributed by atoms with E-state index in [2.05, 4.69) is 15.2 Å². The van der Waals surface area contributed by atoms with Crippen molar-refractivity contribution in [3.05, 3.63) is 24.4 Å². The van der Waals surface area contributed by atoms with Gasteiger partial charge in [-0.2, -0.15) is 0 Å². The van der Waals surface area contributed by atoms with Crippen molar-refractivity contribution in [3.8, 4) is 0 Å². The first-order chi connectivity index (χ1) is 7.24. The Bertz CT molecular complexity index is 453. The molecule has 0 amide bonds. The Balaban J connectivity index is 2.46. The summed E-state index contributed by atoms with van der Waals surface area (Å²) in [4.78, 5) is 4.26. The Morgan fingerprint density at radius 2 is 2.33 bits per heavy atom. The second kappa shape index (κ2) is 3.94. The number of hydrogen-bond donors (Lipinski definition) is 1. The fourth-order valence-corrected chi connectivity index (χ4v) is 1.64. The number of aliphatic hydroxyl groups is 1. The molecular weight excluding hydrogens is 192 g/mol. The van der Waals surface area contributed by atoms with Gasteiger partial charge in [-0.05, 0) is 6.42 Å². The minimum absolute atomic E-state index is 0.0251. The van der Waals surface area contributed by atoms with Gasteiger partial charge >= 0.3 is 0 Å². The zero-order valence-corrected chi connectivity index (χ0v) is 8.83. The van der Waals surface area contributed by atoms with E-state index in [1.807, 2.05) is 13.8 Å². The van der Waals surface area contributed by atoms with Gasteiger partial charge in [-0.15, -0.1) is 10.2 Å².